The van der Waals surface area contributed by atoms with Crippen LogP contribution in [0.25, 0.3) is 10.9 Å². The van der Waals surface area contributed by atoms with E-state index in [9.17, 15) is 20.0 Å². The van der Waals surface area contributed by atoms with Gasteiger partial charge in [0.15, 0.2) is 0 Å². The molecule has 0 spiro atoms. The van der Waals surface area contributed by atoms with Crippen molar-refractivity contribution >= 4 is 22.3 Å². The van der Waals surface area contributed by atoms with E-state index in [1.165, 1.54) is 18.5 Å². The molecular formula is C13H16N4O4. The summed E-state index contributed by atoms with van der Waals surface area (Å²) in [4.78, 5) is 30.5. The Morgan fingerprint density at radius 2 is 2.14 bits per heavy atom. The highest BCUT2D eigenvalue weighted by Crippen LogP contribution is 2.34. The van der Waals surface area contributed by atoms with Gasteiger partial charge < -0.3 is 15.0 Å². The monoisotopic (exact) mass is 292 g/mol. The lowest BCUT2D eigenvalue weighted by Crippen LogP contribution is -2.44. The molecular weight excluding hydrogens is 276 g/mol. The van der Waals surface area contributed by atoms with E-state index in [1.807, 2.05) is 0 Å². The van der Waals surface area contributed by atoms with E-state index in [-0.39, 0.29) is 17.7 Å². The highest BCUT2D eigenvalue weighted by molar-refractivity contribution is 5.87. The van der Waals surface area contributed by atoms with Gasteiger partial charge in [0.05, 0.1) is 34.3 Å². The molecule has 0 fully saturated rings. The van der Waals surface area contributed by atoms with Crippen molar-refractivity contribution in [3.63, 3.8) is 0 Å². The zero-order chi connectivity index (χ0) is 15.8. The molecule has 0 atom stereocenters. The minimum atomic E-state index is -0.695. The van der Waals surface area contributed by atoms with E-state index in [0.717, 1.165) is 0 Å². The second kappa shape index (κ2) is 5.13. The van der Waals surface area contributed by atoms with E-state index in [2.05, 4.69) is 9.97 Å². The van der Waals surface area contributed by atoms with E-state index in [4.69, 9.17) is 0 Å². The van der Waals surface area contributed by atoms with Crippen LogP contribution < -0.4 is 10.5 Å². The fourth-order valence-electron chi connectivity index (χ4n) is 1.94. The first-order valence-electron chi connectivity index (χ1n) is 6.28. The molecule has 0 saturated carbocycles. The molecule has 0 aliphatic heterocycles. The second-order valence-corrected chi connectivity index (χ2v) is 5.38. The summed E-state index contributed by atoms with van der Waals surface area (Å²) in [7, 11) is 1.65. The number of benzene rings is 1. The predicted octanol–water partition coefficient (Wildman–Crippen LogP) is 1.04. The average Bonchev–Trinajstić information content (AvgIpc) is 2.45. The number of H-pyrrole nitrogens is 1. The van der Waals surface area contributed by atoms with Crippen molar-refractivity contribution in [3.8, 4) is 0 Å². The molecule has 0 saturated heterocycles. The van der Waals surface area contributed by atoms with Crippen LogP contribution in [0.3, 0.4) is 0 Å². The molecule has 2 N–H and O–H groups in total. The molecule has 0 aliphatic carbocycles. The number of aromatic nitrogens is 2. The lowest BCUT2D eigenvalue weighted by Gasteiger charge is -2.35. The van der Waals surface area contributed by atoms with Gasteiger partial charge in [-0.1, -0.05) is 0 Å². The minimum Gasteiger partial charge on any atom is -0.394 e. The Hall–Kier alpha value is -2.48. The van der Waals surface area contributed by atoms with Crippen molar-refractivity contribution in [3.05, 3.63) is 38.9 Å². The van der Waals surface area contributed by atoms with Crippen LogP contribution in [0.4, 0.5) is 11.4 Å². The molecule has 2 rings (SSSR count). The third-order valence-corrected chi connectivity index (χ3v) is 3.59. The van der Waals surface area contributed by atoms with Gasteiger partial charge in [0.1, 0.15) is 5.69 Å². The van der Waals surface area contributed by atoms with Crippen LogP contribution in [0.2, 0.25) is 0 Å². The van der Waals surface area contributed by atoms with Gasteiger partial charge in [0.2, 0.25) is 0 Å². The van der Waals surface area contributed by atoms with Crippen molar-refractivity contribution in [2.24, 2.45) is 0 Å². The van der Waals surface area contributed by atoms with Crippen molar-refractivity contribution in [2.45, 2.75) is 19.4 Å². The maximum Gasteiger partial charge on any atom is 0.293 e. The molecule has 1 aromatic heterocycles. The van der Waals surface area contributed by atoms with Crippen LogP contribution in [0.1, 0.15) is 13.8 Å². The first kappa shape index (κ1) is 14.9. The quantitative estimate of drug-likeness (QED) is 0.643. The summed E-state index contributed by atoms with van der Waals surface area (Å²) in [5.41, 5.74) is -0.673. The molecule has 0 amide bonds. The second-order valence-electron chi connectivity index (χ2n) is 5.38. The standard InChI is InChI=1S/C13H16N4O4/c1-13(2,6-18)16(3)10-5-9-8(4-11(10)17(20)21)12(19)15-7-14-9/h4-5,7,18H,6H2,1-3H3,(H,14,15,19). The largest absolute Gasteiger partial charge is 0.394 e. The number of aliphatic hydroxyl groups excluding tert-OH is 1. The number of aromatic amines is 1. The van der Waals surface area contributed by atoms with Crippen LogP contribution in [0.15, 0.2) is 23.3 Å². The van der Waals surface area contributed by atoms with Crippen LogP contribution >= 0.6 is 0 Å². The molecule has 0 aliphatic rings. The third kappa shape index (κ3) is 2.57. The number of fused-ring (bicyclic) bond motifs is 1. The molecule has 8 nitrogen and oxygen atoms in total. The Morgan fingerprint density at radius 3 is 2.71 bits per heavy atom. The fraction of sp³-hybridized carbons (Fsp3) is 0.385. The van der Waals surface area contributed by atoms with Gasteiger partial charge in [-0.25, -0.2) is 4.98 Å². The van der Waals surface area contributed by atoms with Crippen molar-refractivity contribution in [1.82, 2.24) is 9.97 Å². The number of nitrogens with zero attached hydrogens (tertiary/aromatic N) is 3. The van der Waals surface area contributed by atoms with Crippen molar-refractivity contribution in [2.75, 3.05) is 18.6 Å². The number of aliphatic hydroxyl groups is 1. The Labute approximate surface area is 120 Å². The van der Waals surface area contributed by atoms with Gasteiger partial charge in [-0.05, 0) is 19.9 Å². The molecule has 0 radical (unpaired) electrons. The van der Waals surface area contributed by atoms with Gasteiger partial charge in [-0.2, -0.15) is 0 Å². The number of rotatable bonds is 4. The van der Waals surface area contributed by atoms with Crippen molar-refractivity contribution in [1.29, 1.82) is 0 Å². The Balaban J connectivity index is 2.76. The predicted molar refractivity (Wildman–Crippen MR) is 78.6 cm³/mol. The number of nitro groups is 1. The smallest absolute Gasteiger partial charge is 0.293 e. The lowest BCUT2D eigenvalue weighted by molar-refractivity contribution is -0.384. The Kier molecular flexibility index (Phi) is 3.65. The number of hydrogen-bond donors (Lipinski definition) is 2. The highest BCUT2D eigenvalue weighted by Gasteiger charge is 2.29. The summed E-state index contributed by atoms with van der Waals surface area (Å²) < 4.78 is 0. The van der Waals surface area contributed by atoms with Crippen LogP contribution in [-0.2, 0) is 0 Å². The average molecular weight is 292 g/mol. The molecule has 0 unspecified atom stereocenters. The molecule has 1 aromatic carbocycles. The fourth-order valence-corrected chi connectivity index (χ4v) is 1.94. The summed E-state index contributed by atoms with van der Waals surface area (Å²) in [6, 6.07) is 2.70. The van der Waals surface area contributed by atoms with Gasteiger partial charge in [-0.3, -0.25) is 14.9 Å². The van der Waals surface area contributed by atoms with Crippen LogP contribution in [-0.4, -0.2) is 39.2 Å². The van der Waals surface area contributed by atoms with Gasteiger partial charge in [-0.15, -0.1) is 0 Å². The maximum absolute atomic E-state index is 11.7. The van der Waals surface area contributed by atoms with E-state index >= 15 is 0 Å². The molecule has 1 heterocycles. The van der Waals surface area contributed by atoms with Gasteiger partial charge in [0, 0.05) is 13.1 Å². The van der Waals surface area contributed by atoms with E-state index in [0.29, 0.717) is 11.2 Å². The summed E-state index contributed by atoms with van der Waals surface area (Å²) in [6.07, 6.45) is 1.25. The zero-order valence-corrected chi connectivity index (χ0v) is 12.0. The minimum absolute atomic E-state index is 0.156. The maximum atomic E-state index is 11.7. The molecule has 21 heavy (non-hydrogen) atoms. The van der Waals surface area contributed by atoms with Crippen molar-refractivity contribution < 1.29 is 10.0 Å². The number of anilines is 1. The third-order valence-electron chi connectivity index (χ3n) is 3.59. The number of likely N-dealkylation sites (N-methyl/N-ethyl adjacent to an activating group) is 1. The van der Waals surface area contributed by atoms with Crippen LogP contribution in [0.5, 0.6) is 0 Å². The Morgan fingerprint density at radius 1 is 1.48 bits per heavy atom. The van der Waals surface area contributed by atoms with E-state index < -0.39 is 16.0 Å². The topological polar surface area (TPSA) is 112 Å². The summed E-state index contributed by atoms with van der Waals surface area (Å²) >= 11 is 0. The molecule has 0 bridgehead atoms. The first-order valence-corrected chi connectivity index (χ1v) is 6.28. The SMILES string of the molecule is CN(c1cc2nc[nH]c(=O)c2cc1[N+](=O)[O-])C(C)(C)CO. The summed E-state index contributed by atoms with van der Waals surface area (Å²) in [6.45, 7) is 3.33. The van der Waals surface area contributed by atoms with Gasteiger partial charge in [0.25, 0.3) is 11.2 Å². The Bertz CT molecular complexity index is 753. The normalized spacial score (nSPS) is 11.6. The zero-order valence-electron chi connectivity index (χ0n) is 12.0. The molecule has 112 valence electrons. The van der Waals surface area contributed by atoms with Gasteiger partial charge >= 0.3 is 0 Å². The highest BCUT2D eigenvalue weighted by atomic mass is 16.6. The summed E-state index contributed by atoms with van der Waals surface area (Å²) in [5.74, 6) is 0. The van der Waals surface area contributed by atoms with E-state index in [1.54, 1.807) is 25.8 Å². The number of hydrogen-bond acceptors (Lipinski definition) is 6. The molecule has 8 heteroatoms. The summed E-state index contributed by atoms with van der Waals surface area (Å²) in [5, 5.41) is 20.9. The van der Waals surface area contributed by atoms with Crippen LogP contribution in [0, 0.1) is 10.1 Å². The molecule has 2 aromatic rings. The number of nitrogens with one attached hydrogen (secondary N) is 1. The number of nitro benzene ring substituents is 1. The lowest BCUT2D eigenvalue weighted by atomic mass is 10.0. The first-order chi connectivity index (χ1) is 9.77.